The minimum atomic E-state index is -0.679. The summed E-state index contributed by atoms with van der Waals surface area (Å²) in [6.45, 7) is 2.22. The van der Waals surface area contributed by atoms with E-state index in [0.717, 1.165) is 25.3 Å². The fraction of sp³-hybridized carbons (Fsp3) is 0.571. The SMILES string of the molecule is CCCCCC(O)C(CN)c1ccc(F)cc1F. The Kier molecular flexibility index (Phi) is 6.22. The zero-order valence-corrected chi connectivity index (χ0v) is 10.7. The summed E-state index contributed by atoms with van der Waals surface area (Å²) in [7, 11) is 0. The van der Waals surface area contributed by atoms with Gasteiger partial charge in [-0.2, -0.15) is 0 Å². The molecule has 0 heterocycles. The van der Waals surface area contributed by atoms with Crippen LogP contribution in [0, 0.1) is 11.6 Å². The molecule has 2 atom stereocenters. The number of rotatable bonds is 7. The first-order valence-electron chi connectivity index (χ1n) is 6.43. The van der Waals surface area contributed by atoms with E-state index in [2.05, 4.69) is 6.92 Å². The second-order valence-corrected chi connectivity index (χ2v) is 4.57. The van der Waals surface area contributed by atoms with Crippen molar-refractivity contribution in [2.45, 2.75) is 44.6 Å². The fourth-order valence-corrected chi connectivity index (χ4v) is 2.10. The third kappa shape index (κ3) is 4.03. The maximum Gasteiger partial charge on any atom is 0.129 e. The van der Waals surface area contributed by atoms with E-state index in [9.17, 15) is 13.9 Å². The summed E-state index contributed by atoms with van der Waals surface area (Å²) in [5.41, 5.74) is 5.89. The molecule has 4 heteroatoms. The lowest BCUT2D eigenvalue weighted by atomic mass is 9.90. The third-order valence-corrected chi connectivity index (χ3v) is 3.18. The van der Waals surface area contributed by atoms with Gasteiger partial charge in [0.25, 0.3) is 0 Å². The monoisotopic (exact) mass is 257 g/mol. The summed E-state index contributed by atoms with van der Waals surface area (Å²) in [6.07, 6.45) is 2.89. The molecule has 0 aromatic heterocycles. The molecule has 0 saturated heterocycles. The number of benzene rings is 1. The quantitative estimate of drug-likeness (QED) is 0.738. The number of hydrogen-bond donors (Lipinski definition) is 2. The molecule has 3 N–H and O–H groups in total. The Labute approximate surface area is 107 Å². The van der Waals surface area contributed by atoms with E-state index in [1.807, 2.05) is 0 Å². The van der Waals surface area contributed by atoms with Gasteiger partial charge in [-0.25, -0.2) is 8.78 Å². The molecule has 0 aliphatic rings. The van der Waals surface area contributed by atoms with Crippen molar-refractivity contribution in [1.82, 2.24) is 0 Å². The Balaban J connectivity index is 2.75. The average Bonchev–Trinajstić information content (AvgIpc) is 2.33. The molecule has 102 valence electrons. The minimum absolute atomic E-state index is 0.149. The molecule has 1 aromatic carbocycles. The molecule has 1 rings (SSSR count). The summed E-state index contributed by atoms with van der Waals surface area (Å²) in [5.74, 6) is -1.73. The molecule has 0 radical (unpaired) electrons. The summed E-state index contributed by atoms with van der Waals surface area (Å²) in [4.78, 5) is 0. The van der Waals surface area contributed by atoms with Gasteiger partial charge in [0.05, 0.1) is 6.10 Å². The Bertz CT molecular complexity index is 371. The van der Waals surface area contributed by atoms with Gasteiger partial charge in [0.2, 0.25) is 0 Å². The lowest BCUT2D eigenvalue weighted by molar-refractivity contribution is 0.131. The second kappa shape index (κ2) is 7.44. The van der Waals surface area contributed by atoms with Crippen molar-refractivity contribution in [1.29, 1.82) is 0 Å². The highest BCUT2D eigenvalue weighted by Gasteiger charge is 2.22. The van der Waals surface area contributed by atoms with Gasteiger partial charge in [0.1, 0.15) is 11.6 Å². The van der Waals surface area contributed by atoms with Gasteiger partial charge in [-0.3, -0.25) is 0 Å². The van der Waals surface area contributed by atoms with Crippen molar-refractivity contribution in [3.05, 3.63) is 35.4 Å². The van der Waals surface area contributed by atoms with Crippen molar-refractivity contribution in [3.63, 3.8) is 0 Å². The minimum Gasteiger partial charge on any atom is -0.392 e. The van der Waals surface area contributed by atoms with Gasteiger partial charge in [0, 0.05) is 18.5 Å². The van der Waals surface area contributed by atoms with E-state index < -0.39 is 23.7 Å². The van der Waals surface area contributed by atoms with Crippen molar-refractivity contribution < 1.29 is 13.9 Å². The first kappa shape index (κ1) is 15.1. The van der Waals surface area contributed by atoms with Crippen LogP contribution in [0.3, 0.4) is 0 Å². The number of aliphatic hydroxyl groups is 1. The topological polar surface area (TPSA) is 46.2 Å². The highest BCUT2D eigenvalue weighted by Crippen LogP contribution is 2.25. The number of nitrogens with two attached hydrogens (primary N) is 1. The van der Waals surface area contributed by atoms with Crippen molar-refractivity contribution >= 4 is 0 Å². The van der Waals surface area contributed by atoms with Crippen LogP contribution in [0.15, 0.2) is 18.2 Å². The summed E-state index contributed by atoms with van der Waals surface area (Å²) in [5, 5.41) is 10.0. The standard InChI is InChI=1S/C14H21F2NO/c1-2-3-4-5-14(18)12(9-17)11-7-6-10(15)8-13(11)16/h6-8,12,14,18H,2-5,9,17H2,1H3. The van der Waals surface area contributed by atoms with E-state index in [1.54, 1.807) is 0 Å². The van der Waals surface area contributed by atoms with Gasteiger partial charge >= 0.3 is 0 Å². The first-order chi connectivity index (χ1) is 8.60. The Morgan fingerprint density at radius 3 is 2.56 bits per heavy atom. The maximum absolute atomic E-state index is 13.6. The molecule has 1 aromatic rings. The molecule has 0 aliphatic heterocycles. The van der Waals surface area contributed by atoms with Crippen molar-refractivity contribution in [2.75, 3.05) is 6.54 Å². The van der Waals surface area contributed by atoms with Gasteiger partial charge in [-0.15, -0.1) is 0 Å². The van der Waals surface area contributed by atoms with E-state index in [4.69, 9.17) is 5.73 Å². The van der Waals surface area contributed by atoms with E-state index in [-0.39, 0.29) is 6.54 Å². The average molecular weight is 257 g/mol. The highest BCUT2D eigenvalue weighted by molar-refractivity contribution is 5.24. The Morgan fingerprint density at radius 2 is 2.00 bits per heavy atom. The van der Waals surface area contributed by atoms with Crippen LogP contribution >= 0.6 is 0 Å². The normalized spacial score (nSPS) is 14.5. The zero-order valence-electron chi connectivity index (χ0n) is 10.7. The molecule has 0 spiro atoms. The molecule has 0 bridgehead atoms. The van der Waals surface area contributed by atoms with Crippen LogP contribution in [0.25, 0.3) is 0 Å². The maximum atomic E-state index is 13.6. The highest BCUT2D eigenvalue weighted by atomic mass is 19.1. The predicted octanol–water partition coefficient (Wildman–Crippen LogP) is 2.95. The number of halogens is 2. The van der Waals surface area contributed by atoms with Crippen LogP contribution in [0.1, 0.15) is 44.1 Å². The van der Waals surface area contributed by atoms with E-state index in [0.29, 0.717) is 12.0 Å². The zero-order chi connectivity index (χ0) is 13.5. The number of unbranched alkanes of at least 4 members (excludes halogenated alkanes) is 2. The van der Waals surface area contributed by atoms with Gasteiger partial charge in [0.15, 0.2) is 0 Å². The Hall–Kier alpha value is -1.00. The fourth-order valence-electron chi connectivity index (χ4n) is 2.10. The van der Waals surface area contributed by atoms with Crippen LogP contribution in [0.4, 0.5) is 8.78 Å². The third-order valence-electron chi connectivity index (χ3n) is 3.18. The molecule has 18 heavy (non-hydrogen) atoms. The molecule has 0 aliphatic carbocycles. The largest absolute Gasteiger partial charge is 0.392 e. The molecule has 2 unspecified atom stereocenters. The molecule has 0 amide bonds. The second-order valence-electron chi connectivity index (χ2n) is 4.57. The smallest absolute Gasteiger partial charge is 0.129 e. The molecule has 0 fully saturated rings. The first-order valence-corrected chi connectivity index (χ1v) is 6.43. The van der Waals surface area contributed by atoms with Crippen molar-refractivity contribution in [3.8, 4) is 0 Å². The summed E-state index contributed by atoms with van der Waals surface area (Å²) < 4.78 is 26.5. The van der Waals surface area contributed by atoms with Crippen LogP contribution < -0.4 is 5.73 Å². The molecule has 2 nitrogen and oxygen atoms in total. The van der Waals surface area contributed by atoms with E-state index in [1.165, 1.54) is 12.1 Å². The van der Waals surface area contributed by atoms with E-state index >= 15 is 0 Å². The van der Waals surface area contributed by atoms with Gasteiger partial charge in [-0.1, -0.05) is 32.3 Å². The van der Waals surface area contributed by atoms with Crippen LogP contribution in [0.2, 0.25) is 0 Å². The number of aliphatic hydroxyl groups excluding tert-OH is 1. The van der Waals surface area contributed by atoms with Crippen LogP contribution in [0.5, 0.6) is 0 Å². The molecular weight excluding hydrogens is 236 g/mol. The lowest BCUT2D eigenvalue weighted by Gasteiger charge is -2.22. The molecule has 0 saturated carbocycles. The molecular formula is C14H21F2NO. The summed E-state index contributed by atoms with van der Waals surface area (Å²) >= 11 is 0. The summed E-state index contributed by atoms with van der Waals surface area (Å²) in [6, 6.07) is 3.39. The van der Waals surface area contributed by atoms with Gasteiger partial charge < -0.3 is 10.8 Å². The number of hydrogen-bond acceptors (Lipinski definition) is 2. The van der Waals surface area contributed by atoms with Crippen LogP contribution in [-0.2, 0) is 0 Å². The van der Waals surface area contributed by atoms with Crippen molar-refractivity contribution in [2.24, 2.45) is 5.73 Å². The Morgan fingerprint density at radius 1 is 1.28 bits per heavy atom. The van der Waals surface area contributed by atoms with Crippen LogP contribution in [-0.4, -0.2) is 17.8 Å². The predicted molar refractivity (Wildman–Crippen MR) is 68.3 cm³/mol. The lowest BCUT2D eigenvalue weighted by Crippen LogP contribution is -2.26. The van der Waals surface area contributed by atoms with Gasteiger partial charge in [-0.05, 0) is 18.1 Å².